The maximum absolute atomic E-state index is 11.6. The first-order chi connectivity index (χ1) is 6.95. The topological polar surface area (TPSA) is 68.0 Å². The standard InChI is InChI=1S/C10H17N3OS/c1-4-10(3,11)9(14)13-6-8-5-12-7(2)15-8/h5H,4,6,11H2,1-3H3,(H,13,14). The maximum Gasteiger partial charge on any atom is 0.240 e. The molecule has 15 heavy (non-hydrogen) atoms. The molecule has 0 aliphatic rings. The van der Waals surface area contributed by atoms with Gasteiger partial charge in [0, 0.05) is 11.1 Å². The smallest absolute Gasteiger partial charge is 0.240 e. The number of nitrogens with one attached hydrogen (secondary N) is 1. The van der Waals surface area contributed by atoms with Crippen LogP contribution < -0.4 is 11.1 Å². The molecular formula is C10H17N3OS. The van der Waals surface area contributed by atoms with Crippen molar-refractivity contribution >= 4 is 17.2 Å². The Bertz CT molecular complexity index is 346. The molecule has 1 unspecified atom stereocenters. The number of aromatic nitrogens is 1. The highest BCUT2D eigenvalue weighted by Gasteiger charge is 2.25. The minimum absolute atomic E-state index is 0.115. The molecule has 1 aromatic rings. The van der Waals surface area contributed by atoms with Crippen molar-refractivity contribution in [3.8, 4) is 0 Å². The number of nitrogens with two attached hydrogens (primary N) is 1. The van der Waals surface area contributed by atoms with Gasteiger partial charge in [-0.05, 0) is 20.3 Å². The normalized spacial score (nSPS) is 14.7. The number of carbonyl (C=O) groups is 1. The molecule has 0 aliphatic carbocycles. The van der Waals surface area contributed by atoms with Crippen molar-refractivity contribution in [3.63, 3.8) is 0 Å². The predicted octanol–water partition coefficient (Wildman–Crippen LogP) is 1.20. The molecule has 0 fully saturated rings. The van der Waals surface area contributed by atoms with Crippen LogP contribution in [0.3, 0.4) is 0 Å². The number of rotatable bonds is 4. The Morgan fingerprint density at radius 2 is 2.40 bits per heavy atom. The molecule has 1 amide bonds. The average Bonchev–Trinajstić information content (AvgIpc) is 2.60. The molecule has 1 atom stereocenters. The van der Waals surface area contributed by atoms with E-state index in [4.69, 9.17) is 5.73 Å². The summed E-state index contributed by atoms with van der Waals surface area (Å²) in [5.41, 5.74) is 5.03. The van der Waals surface area contributed by atoms with E-state index in [9.17, 15) is 4.79 Å². The Kier molecular flexibility index (Phi) is 3.82. The van der Waals surface area contributed by atoms with Gasteiger partial charge in [-0.2, -0.15) is 0 Å². The monoisotopic (exact) mass is 227 g/mol. The zero-order valence-electron chi connectivity index (χ0n) is 9.33. The average molecular weight is 227 g/mol. The van der Waals surface area contributed by atoms with Gasteiger partial charge >= 0.3 is 0 Å². The Hall–Kier alpha value is -0.940. The number of nitrogens with zero attached hydrogens (tertiary/aromatic N) is 1. The Labute approximate surface area is 93.9 Å². The first-order valence-corrected chi connectivity index (χ1v) is 5.76. The van der Waals surface area contributed by atoms with Gasteiger partial charge in [0.25, 0.3) is 0 Å². The highest BCUT2D eigenvalue weighted by atomic mass is 32.1. The lowest BCUT2D eigenvalue weighted by molar-refractivity contribution is -0.126. The van der Waals surface area contributed by atoms with Crippen LogP contribution in [0.15, 0.2) is 6.20 Å². The highest BCUT2D eigenvalue weighted by Crippen LogP contribution is 2.11. The maximum atomic E-state index is 11.6. The Morgan fingerprint density at radius 3 is 2.87 bits per heavy atom. The van der Waals surface area contributed by atoms with Crippen LogP contribution in [0.4, 0.5) is 0 Å². The fraction of sp³-hybridized carbons (Fsp3) is 0.600. The molecule has 0 bridgehead atoms. The molecule has 0 saturated carbocycles. The van der Waals surface area contributed by atoms with Gasteiger partial charge in [-0.15, -0.1) is 11.3 Å². The number of thiazole rings is 1. The summed E-state index contributed by atoms with van der Waals surface area (Å²) in [5.74, 6) is -0.115. The third-order valence-corrected chi connectivity index (χ3v) is 3.26. The fourth-order valence-electron chi connectivity index (χ4n) is 1.02. The van der Waals surface area contributed by atoms with Crippen molar-refractivity contribution in [2.75, 3.05) is 0 Å². The van der Waals surface area contributed by atoms with Crippen LogP contribution in [0.2, 0.25) is 0 Å². The fourth-order valence-corrected chi connectivity index (χ4v) is 1.75. The number of hydrogen-bond acceptors (Lipinski definition) is 4. The summed E-state index contributed by atoms with van der Waals surface area (Å²) < 4.78 is 0. The SMILES string of the molecule is CCC(C)(N)C(=O)NCc1cnc(C)s1. The predicted molar refractivity (Wildman–Crippen MR) is 61.6 cm³/mol. The van der Waals surface area contributed by atoms with E-state index in [1.165, 1.54) is 0 Å². The summed E-state index contributed by atoms with van der Waals surface area (Å²) in [6.07, 6.45) is 2.40. The third kappa shape index (κ3) is 3.28. The summed E-state index contributed by atoms with van der Waals surface area (Å²) in [4.78, 5) is 16.8. The molecule has 4 nitrogen and oxygen atoms in total. The van der Waals surface area contributed by atoms with Gasteiger partial charge in [-0.3, -0.25) is 4.79 Å². The zero-order chi connectivity index (χ0) is 11.5. The van der Waals surface area contributed by atoms with Crippen molar-refractivity contribution in [1.29, 1.82) is 0 Å². The van der Waals surface area contributed by atoms with E-state index < -0.39 is 5.54 Å². The van der Waals surface area contributed by atoms with Crippen molar-refractivity contribution in [1.82, 2.24) is 10.3 Å². The van der Waals surface area contributed by atoms with E-state index in [0.717, 1.165) is 9.88 Å². The minimum atomic E-state index is -0.778. The Balaban J connectivity index is 2.47. The van der Waals surface area contributed by atoms with E-state index in [1.54, 1.807) is 24.5 Å². The lowest BCUT2D eigenvalue weighted by atomic mass is 10.00. The number of amides is 1. The molecule has 0 saturated heterocycles. The third-order valence-electron chi connectivity index (χ3n) is 2.35. The number of aryl methyl sites for hydroxylation is 1. The molecule has 1 aromatic heterocycles. The second-order valence-corrected chi connectivity index (χ2v) is 5.12. The van der Waals surface area contributed by atoms with Crippen LogP contribution in [0, 0.1) is 6.92 Å². The van der Waals surface area contributed by atoms with Crippen molar-refractivity contribution in [2.45, 2.75) is 39.3 Å². The van der Waals surface area contributed by atoms with E-state index in [-0.39, 0.29) is 5.91 Å². The molecule has 5 heteroatoms. The molecule has 3 N–H and O–H groups in total. The van der Waals surface area contributed by atoms with Crippen LogP contribution >= 0.6 is 11.3 Å². The molecule has 1 heterocycles. The van der Waals surface area contributed by atoms with Gasteiger partial charge in [-0.25, -0.2) is 4.98 Å². The molecule has 1 rings (SSSR count). The highest BCUT2D eigenvalue weighted by molar-refractivity contribution is 7.11. The van der Waals surface area contributed by atoms with Gasteiger partial charge in [0.1, 0.15) is 0 Å². The van der Waals surface area contributed by atoms with Gasteiger partial charge in [0.15, 0.2) is 0 Å². The first-order valence-electron chi connectivity index (χ1n) is 4.94. The lowest BCUT2D eigenvalue weighted by Gasteiger charge is -2.21. The summed E-state index contributed by atoms with van der Waals surface area (Å²) in [6, 6.07) is 0. The molecule has 0 aromatic carbocycles. The van der Waals surface area contributed by atoms with Gasteiger partial charge in [-0.1, -0.05) is 6.92 Å². The van der Waals surface area contributed by atoms with Crippen molar-refractivity contribution in [3.05, 3.63) is 16.1 Å². The summed E-state index contributed by atoms with van der Waals surface area (Å²) in [7, 11) is 0. The van der Waals surface area contributed by atoms with Gasteiger partial charge in [0.05, 0.1) is 17.1 Å². The van der Waals surface area contributed by atoms with Crippen LogP contribution in [0.5, 0.6) is 0 Å². The van der Waals surface area contributed by atoms with E-state index in [0.29, 0.717) is 13.0 Å². The van der Waals surface area contributed by atoms with E-state index in [2.05, 4.69) is 10.3 Å². The van der Waals surface area contributed by atoms with Gasteiger partial charge < -0.3 is 11.1 Å². The molecule has 0 radical (unpaired) electrons. The van der Waals surface area contributed by atoms with Crippen molar-refractivity contribution < 1.29 is 4.79 Å². The van der Waals surface area contributed by atoms with Crippen LogP contribution in [0.25, 0.3) is 0 Å². The number of hydrogen-bond donors (Lipinski definition) is 2. The summed E-state index contributed by atoms with van der Waals surface area (Å²) in [6.45, 7) is 6.09. The van der Waals surface area contributed by atoms with Crippen LogP contribution in [0.1, 0.15) is 30.2 Å². The second-order valence-electron chi connectivity index (χ2n) is 3.80. The van der Waals surface area contributed by atoms with Gasteiger partial charge in [0.2, 0.25) is 5.91 Å². The van der Waals surface area contributed by atoms with Crippen molar-refractivity contribution in [2.24, 2.45) is 5.73 Å². The molecular weight excluding hydrogens is 210 g/mol. The zero-order valence-corrected chi connectivity index (χ0v) is 10.1. The lowest BCUT2D eigenvalue weighted by Crippen LogP contribution is -2.50. The second kappa shape index (κ2) is 4.72. The molecule has 0 aliphatic heterocycles. The minimum Gasteiger partial charge on any atom is -0.350 e. The number of carbonyl (C=O) groups excluding carboxylic acids is 1. The Morgan fingerprint density at radius 1 is 1.73 bits per heavy atom. The largest absolute Gasteiger partial charge is 0.350 e. The quantitative estimate of drug-likeness (QED) is 0.812. The summed E-state index contributed by atoms with van der Waals surface area (Å²) in [5, 5.41) is 3.81. The first kappa shape index (κ1) is 12.1. The van der Waals surface area contributed by atoms with Crippen LogP contribution in [-0.2, 0) is 11.3 Å². The molecule has 84 valence electrons. The van der Waals surface area contributed by atoms with E-state index in [1.807, 2.05) is 13.8 Å². The van der Waals surface area contributed by atoms with Crippen LogP contribution in [-0.4, -0.2) is 16.4 Å². The molecule has 0 spiro atoms. The summed E-state index contributed by atoms with van der Waals surface area (Å²) >= 11 is 1.58. The van der Waals surface area contributed by atoms with E-state index >= 15 is 0 Å².